The molecule has 2 fully saturated rings. The van der Waals surface area contributed by atoms with Gasteiger partial charge >= 0.3 is 0 Å². The third kappa shape index (κ3) is 4.56. The Kier molecular flexibility index (Phi) is 6.27. The van der Waals surface area contributed by atoms with Crippen molar-refractivity contribution in [3.8, 4) is 0 Å². The highest BCUT2D eigenvalue weighted by molar-refractivity contribution is 5.94. The Balaban J connectivity index is 1.40. The number of amides is 1. The van der Waals surface area contributed by atoms with E-state index >= 15 is 0 Å². The van der Waals surface area contributed by atoms with E-state index < -0.39 is 0 Å². The molecule has 2 aliphatic rings. The van der Waals surface area contributed by atoms with Crippen molar-refractivity contribution in [1.29, 1.82) is 0 Å². The van der Waals surface area contributed by atoms with Crippen molar-refractivity contribution in [3.05, 3.63) is 65.7 Å². The molecule has 0 aliphatic carbocycles. The Bertz CT molecular complexity index is 747. The quantitative estimate of drug-likeness (QED) is 0.818. The van der Waals surface area contributed by atoms with Crippen LogP contribution in [0.4, 0.5) is 5.69 Å². The highest BCUT2D eigenvalue weighted by atomic mass is 16.1. The molecular formula is C24H31N3O. The smallest absolute Gasteiger partial charge is 0.251 e. The largest absolute Gasteiger partial charge is 0.372 e. The Labute approximate surface area is 168 Å². The van der Waals surface area contributed by atoms with Crippen LogP contribution in [0.15, 0.2) is 54.6 Å². The number of hydrogen-bond acceptors (Lipinski definition) is 3. The first-order valence-electron chi connectivity index (χ1n) is 10.7. The van der Waals surface area contributed by atoms with Crippen molar-refractivity contribution in [2.24, 2.45) is 0 Å². The molecule has 0 bridgehead atoms. The number of nitrogens with one attached hydrogen (secondary N) is 1. The number of piperidine rings is 1. The first kappa shape index (κ1) is 19.0. The van der Waals surface area contributed by atoms with Gasteiger partial charge in [-0.15, -0.1) is 0 Å². The molecule has 148 valence electrons. The Morgan fingerprint density at radius 3 is 2.14 bits per heavy atom. The zero-order chi connectivity index (χ0) is 19.2. The molecule has 2 aliphatic heterocycles. The molecule has 1 amide bonds. The second-order valence-electron chi connectivity index (χ2n) is 7.97. The van der Waals surface area contributed by atoms with Crippen LogP contribution in [0, 0.1) is 0 Å². The van der Waals surface area contributed by atoms with Gasteiger partial charge in [0.15, 0.2) is 0 Å². The lowest BCUT2D eigenvalue weighted by molar-refractivity contribution is 0.0924. The molecule has 4 heteroatoms. The summed E-state index contributed by atoms with van der Waals surface area (Å²) in [6.45, 7) is 5.12. The summed E-state index contributed by atoms with van der Waals surface area (Å²) in [5.41, 5.74) is 3.26. The monoisotopic (exact) mass is 377 g/mol. The van der Waals surface area contributed by atoms with Gasteiger partial charge in [-0.05, 0) is 68.6 Å². The van der Waals surface area contributed by atoms with E-state index in [1.54, 1.807) is 0 Å². The van der Waals surface area contributed by atoms with E-state index in [2.05, 4.69) is 57.6 Å². The maximum Gasteiger partial charge on any atom is 0.251 e. The number of benzene rings is 2. The predicted octanol–water partition coefficient (Wildman–Crippen LogP) is 4.24. The molecule has 0 saturated carbocycles. The molecule has 2 heterocycles. The number of hydrogen-bond donors (Lipinski definition) is 1. The van der Waals surface area contributed by atoms with Gasteiger partial charge in [0, 0.05) is 30.9 Å². The molecule has 4 rings (SSSR count). The van der Waals surface area contributed by atoms with Crippen LogP contribution in [0.3, 0.4) is 0 Å². The van der Waals surface area contributed by atoms with E-state index in [0.717, 1.165) is 31.7 Å². The molecule has 28 heavy (non-hydrogen) atoms. The summed E-state index contributed by atoms with van der Waals surface area (Å²) in [4.78, 5) is 17.7. The molecule has 0 spiro atoms. The maximum atomic E-state index is 12.8. The Morgan fingerprint density at radius 2 is 1.46 bits per heavy atom. The van der Waals surface area contributed by atoms with Crippen LogP contribution in [0.5, 0.6) is 0 Å². The van der Waals surface area contributed by atoms with Gasteiger partial charge in [0.25, 0.3) is 5.91 Å². The average Bonchev–Trinajstić information content (AvgIpc) is 3.30. The van der Waals surface area contributed by atoms with Crippen LogP contribution in [-0.2, 0) is 0 Å². The minimum absolute atomic E-state index is 0.0194. The van der Waals surface area contributed by atoms with E-state index in [1.165, 1.54) is 43.4 Å². The van der Waals surface area contributed by atoms with Gasteiger partial charge in [-0.3, -0.25) is 9.69 Å². The summed E-state index contributed by atoms with van der Waals surface area (Å²) in [6, 6.07) is 18.9. The number of carbonyl (C=O) groups excluding carboxylic acids is 1. The van der Waals surface area contributed by atoms with Crippen LogP contribution in [0.2, 0.25) is 0 Å². The van der Waals surface area contributed by atoms with E-state index in [9.17, 15) is 4.79 Å². The second kappa shape index (κ2) is 9.24. The van der Waals surface area contributed by atoms with Crippen LogP contribution < -0.4 is 10.2 Å². The fourth-order valence-corrected chi connectivity index (χ4v) is 4.45. The maximum absolute atomic E-state index is 12.8. The summed E-state index contributed by atoms with van der Waals surface area (Å²) in [5.74, 6) is 0.0194. The van der Waals surface area contributed by atoms with Crippen LogP contribution in [0.1, 0.15) is 54.1 Å². The normalized spacial score (nSPS) is 18.8. The summed E-state index contributed by atoms with van der Waals surface area (Å²) < 4.78 is 0. The summed E-state index contributed by atoms with van der Waals surface area (Å²) in [6.07, 6.45) is 6.33. The third-order valence-corrected chi connectivity index (χ3v) is 6.07. The SMILES string of the molecule is O=C(NC[C@@H](c1ccccc1)N1CCCCC1)c1ccc(N2CCCC2)cc1. The molecule has 1 N–H and O–H groups in total. The first-order chi connectivity index (χ1) is 13.8. The summed E-state index contributed by atoms with van der Waals surface area (Å²) in [5, 5.41) is 3.19. The van der Waals surface area contributed by atoms with Crippen molar-refractivity contribution in [2.45, 2.75) is 38.1 Å². The molecule has 0 aromatic heterocycles. The van der Waals surface area contributed by atoms with Crippen molar-refractivity contribution >= 4 is 11.6 Å². The highest BCUT2D eigenvalue weighted by Crippen LogP contribution is 2.24. The molecule has 4 nitrogen and oxygen atoms in total. The second-order valence-corrected chi connectivity index (χ2v) is 7.97. The number of nitrogens with zero attached hydrogens (tertiary/aromatic N) is 2. The van der Waals surface area contributed by atoms with Crippen molar-refractivity contribution in [3.63, 3.8) is 0 Å². The summed E-state index contributed by atoms with van der Waals surface area (Å²) in [7, 11) is 0. The van der Waals surface area contributed by atoms with Crippen molar-refractivity contribution < 1.29 is 4.79 Å². The number of carbonyl (C=O) groups is 1. The minimum atomic E-state index is 0.0194. The van der Waals surface area contributed by atoms with Crippen LogP contribution in [0.25, 0.3) is 0 Å². The lowest BCUT2D eigenvalue weighted by atomic mass is 10.0. The van der Waals surface area contributed by atoms with Crippen molar-refractivity contribution in [1.82, 2.24) is 10.2 Å². The van der Waals surface area contributed by atoms with Gasteiger partial charge in [0.2, 0.25) is 0 Å². The fraction of sp³-hybridized carbons (Fsp3) is 0.458. The topological polar surface area (TPSA) is 35.6 Å². The van der Waals surface area contributed by atoms with Gasteiger partial charge in [-0.25, -0.2) is 0 Å². The van der Waals surface area contributed by atoms with E-state index in [1.807, 2.05) is 12.1 Å². The van der Waals surface area contributed by atoms with Gasteiger partial charge < -0.3 is 10.2 Å². The van der Waals surface area contributed by atoms with Gasteiger partial charge in [-0.1, -0.05) is 36.8 Å². The zero-order valence-corrected chi connectivity index (χ0v) is 16.6. The van der Waals surface area contributed by atoms with E-state index in [0.29, 0.717) is 6.54 Å². The van der Waals surface area contributed by atoms with Gasteiger partial charge in [0.05, 0.1) is 6.04 Å². The molecule has 0 unspecified atom stereocenters. The zero-order valence-electron chi connectivity index (χ0n) is 16.6. The first-order valence-corrected chi connectivity index (χ1v) is 10.7. The summed E-state index contributed by atoms with van der Waals surface area (Å²) >= 11 is 0. The van der Waals surface area contributed by atoms with Crippen LogP contribution >= 0.6 is 0 Å². The van der Waals surface area contributed by atoms with Gasteiger partial charge in [-0.2, -0.15) is 0 Å². The van der Waals surface area contributed by atoms with Crippen molar-refractivity contribution in [2.75, 3.05) is 37.6 Å². The predicted molar refractivity (Wildman–Crippen MR) is 115 cm³/mol. The standard InChI is InChI=1S/C24H31N3O/c28-24(21-11-13-22(14-12-21)26-15-7-8-16-26)25-19-23(20-9-3-1-4-10-20)27-17-5-2-6-18-27/h1,3-4,9-14,23H,2,5-8,15-19H2,(H,25,28)/t23-/m0/s1. The molecular weight excluding hydrogens is 346 g/mol. The molecule has 0 radical (unpaired) electrons. The molecule has 2 aromatic rings. The molecule has 2 aromatic carbocycles. The number of rotatable bonds is 6. The average molecular weight is 378 g/mol. The Morgan fingerprint density at radius 1 is 0.821 bits per heavy atom. The van der Waals surface area contributed by atoms with E-state index in [-0.39, 0.29) is 11.9 Å². The third-order valence-electron chi connectivity index (χ3n) is 6.07. The molecule has 1 atom stereocenters. The Hall–Kier alpha value is -2.33. The highest BCUT2D eigenvalue weighted by Gasteiger charge is 2.23. The lowest BCUT2D eigenvalue weighted by Gasteiger charge is -2.35. The lowest BCUT2D eigenvalue weighted by Crippen LogP contribution is -2.40. The molecule has 2 saturated heterocycles. The fourth-order valence-electron chi connectivity index (χ4n) is 4.45. The minimum Gasteiger partial charge on any atom is -0.372 e. The van der Waals surface area contributed by atoms with E-state index in [4.69, 9.17) is 0 Å². The number of anilines is 1. The van der Waals surface area contributed by atoms with Crippen LogP contribution in [-0.4, -0.2) is 43.5 Å². The number of likely N-dealkylation sites (tertiary alicyclic amines) is 1. The van der Waals surface area contributed by atoms with Gasteiger partial charge in [0.1, 0.15) is 0 Å².